The van der Waals surface area contributed by atoms with Gasteiger partial charge in [-0.3, -0.25) is 4.79 Å². The number of aromatic amines is 1. The predicted molar refractivity (Wildman–Crippen MR) is 61.8 cm³/mol. The van der Waals surface area contributed by atoms with Gasteiger partial charge in [-0.05, 0) is 5.56 Å². The van der Waals surface area contributed by atoms with Crippen LogP contribution in [-0.4, -0.2) is 4.98 Å². The second kappa shape index (κ2) is 4.45. The number of hydrogen-bond acceptors (Lipinski definition) is 2. The third-order valence-electron chi connectivity index (χ3n) is 2.38. The summed E-state index contributed by atoms with van der Waals surface area (Å²) >= 11 is 0. The molecule has 78 valence electrons. The minimum absolute atomic E-state index is 0.0980. The van der Waals surface area contributed by atoms with E-state index in [2.05, 4.69) is 4.98 Å². The van der Waals surface area contributed by atoms with E-state index in [4.69, 9.17) is 5.26 Å². The monoisotopic (exact) mass is 210 g/mol. The maximum Gasteiger partial charge on any atom is 0.186 e. The Labute approximate surface area is 93.0 Å². The fourth-order valence-corrected chi connectivity index (χ4v) is 1.63. The lowest BCUT2D eigenvalue weighted by Gasteiger charge is -2.05. The molecule has 0 fully saturated rings. The summed E-state index contributed by atoms with van der Waals surface area (Å²) in [6.45, 7) is 0. The highest BCUT2D eigenvalue weighted by atomic mass is 16.1. The first kappa shape index (κ1) is 10.2. The molecular weight excluding hydrogens is 200 g/mol. The Balaban J connectivity index is 2.62. The molecule has 0 aliphatic rings. The number of rotatable bonds is 2. The number of nitrogens with zero attached hydrogens (tertiary/aromatic N) is 1. The number of benzene rings is 1. The molecule has 0 saturated carbocycles. The third-order valence-corrected chi connectivity index (χ3v) is 2.38. The summed E-state index contributed by atoms with van der Waals surface area (Å²) in [4.78, 5) is 14.7. The summed E-state index contributed by atoms with van der Waals surface area (Å²) in [5.74, 6) is 0. The van der Waals surface area contributed by atoms with Gasteiger partial charge in [-0.2, -0.15) is 5.26 Å². The van der Waals surface area contributed by atoms with E-state index in [1.165, 1.54) is 6.07 Å². The second-order valence-corrected chi connectivity index (χ2v) is 3.40. The highest BCUT2D eigenvalue weighted by Gasteiger charge is 2.07. The number of nitriles is 1. The molecule has 1 N–H and O–H groups in total. The second-order valence-electron chi connectivity index (χ2n) is 3.40. The molecule has 0 atom stereocenters. The summed E-state index contributed by atoms with van der Waals surface area (Å²) in [5.41, 5.74) is 2.08. The van der Waals surface area contributed by atoms with Crippen LogP contribution in [0.25, 0.3) is 11.3 Å². The number of aromatic nitrogens is 1. The van der Waals surface area contributed by atoms with Crippen molar-refractivity contribution in [1.82, 2.24) is 4.98 Å². The molecule has 16 heavy (non-hydrogen) atoms. The molecule has 2 rings (SSSR count). The van der Waals surface area contributed by atoms with Gasteiger partial charge in [-0.1, -0.05) is 30.3 Å². The lowest BCUT2D eigenvalue weighted by molar-refractivity contribution is 1.17. The Kier molecular flexibility index (Phi) is 2.84. The molecular formula is C13H10N2O. The van der Waals surface area contributed by atoms with E-state index in [-0.39, 0.29) is 11.8 Å². The van der Waals surface area contributed by atoms with Crippen molar-refractivity contribution < 1.29 is 0 Å². The Morgan fingerprint density at radius 2 is 1.94 bits per heavy atom. The minimum atomic E-state index is -0.0980. The Morgan fingerprint density at radius 1 is 1.19 bits per heavy atom. The molecule has 0 amide bonds. The van der Waals surface area contributed by atoms with Crippen LogP contribution in [-0.2, 0) is 6.42 Å². The predicted octanol–water partition coefficient (Wildman–Crippen LogP) is 2.11. The van der Waals surface area contributed by atoms with Gasteiger partial charge in [0.05, 0.1) is 18.2 Å². The van der Waals surface area contributed by atoms with Gasteiger partial charge in [0.15, 0.2) is 5.43 Å². The highest BCUT2D eigenvalue weighted by Crippen LogP contribution is 2.18. The summed E-state index contributed by atoms with van der Waals surface area (Å²) < 4.78 is 0. The van der Waals surface area contributed by atoms with Crippen LogP contribution in [0.2, 0.25) is 0 Å². The Hall–Kier alpha value is -2.34. The van der Waals surface area contributed by atoms with Crippen molar-refractivity contribution in [1.29, 1.82) is 5.26 Å². The van der Waals surface area contributed by atoms with E-state index in [1.54, 1.807) is 6.20 Å². The van der Waals surface area contributed by atoms with Crippen molar-refractivity contribution in [2.75, 3.05) is 0 Å². The normalized spacial score (nSPS) is 9.69. The number of H-pyrrole nitrogens is 1. The maximum atomic E-state index is 11.6. The average Bonchev–Trinajstić information content (AvgIpc) is 2.33. The molecule has 3 nitrogen and oxygen atoms in total. The summed E-state index contributed by atoms with van der Waals surface area (Å²) in [6.07, 6.45) is 1.73. The molecule has 2 aromatic rings. The van der Waals surface area contributed by atoms with E-state index in [0.717, 1.165) is 11.3 Å². The lowest BCUT2D eigenvalue weighted by atomic mass is 10.0. The van der Waals surface area contributed by atoms with Crippen molar-refractivity contribution in [3.8, 4) is 17.3 Å². The van der Waals surface area contributed by atoms with Crippen LogP contribution < -0.4 is 5.43 Å². The van der Waals surface area contributed by atoms with Crippen LogP contribution in [0.3, 0.4) is 0 Å². The van der Waals surface area contributed by atoms with Gasteiger partial charge >= 0.3 is 0 Å². The zero-order valence-corrected chi connectivity index (χ0v) is 8.60. The number of hydrogen-bond donors (Lipinski definition) is 1. The first-order valence-corrected chi connectivity index (χ1v) is 4.96. The average molecular weight is 210 g/mol. The van der Waals surface area contributed by atoms with Crippen molar-refractivity contribution in [3.05, 3.63) is 58.4 Å². The van der Waals surface area contributed by atoms with Crippen LogP contribution >= 0.6 is 0 Å². The first-order chi connectivity index (χ1) is 7.83. The van der Waals surface area contributed by atoms with Crippen molar-refractivity contribution in [2.45, 2.75) is 6.42 Å². The SMILES string of the molecule is N#CCc1c(-c2ccccc2)[nH]ccc1=O. The van der Waals surface area contributed by atoms with Crippen LogP contribution in [0.15, 0.2) is 47.4 Å². The molecule has 3 heteroatoms. The zero-order chi connectivity index (χ0) is 11.4. The van der Waals surface area contributed by atoms with E-state index in [1.807, 2.05) is 36.4 Å². The lowest BCUT2D eigenvalue weighted by Crippen LogP contribution is -2.09. The Morgan fingerprint density at radius 3 is 2.62 bits per heavy atom. The molecule has 0 saturated heterocycles. The molecule has 1 aromatic heterocycles. The fourth-order valence-electron chi connectivity index (χ4n) is 1.63. The van der Waals surface area contributed by atoms with Crippen LogP contribution in [0.4, 0.5) is 0 Å². The van der Waals surface area contributed by atoms with Crippen molar-refractivity contribution in [3.63, 3.8) is 0 Å². The van der Waals surface area contributed by atoms with E-state index in [9.17, 15) is 4.79 Å². The molecule has 0 aliphatic heterocycles. The van der Waals surface area contributed by atoms with Gasteiger partial charge in [0.25, 0.3) is 0 Å². The van der Waals surface area contributed by atoms with Gasteiger partial charge in [0.2, 0.25) is 0 Å². The van der Waals surface area contributed by atoms with E-state index < -0.39 is 0 Å². The summed E-state index contributed by atoms with van der Waals surface area (Å²) in [5, 5.41) is 8.71. The van der Waals surface area contributed by atoms with Gasteiger partial charge in [-0.15, -0.1) is 0 Å². The fraction of sp³-hybridized carbons (Fsp3) is 0.0769. The van der Waals surface area contributed by atoms with Gasteiger partial charge in [-0.25, -0.2) is 0 Å². The van der Waals surface area contributed by atoms with Crippen LogP contribution in [0, 0.1) is 11.3 Å². The molecule has 0 aliphatic carbocycles. The quantitative estimate of drug-likeness (QED) is 0.825. The van der Waals surface area contributed by atoms with Crippen LogP contribution in [0.1, 0.15) is 5.56 Å². The molecule has 0 bridgehead atoms. The first-order valence-electron chi connectivity index (χ1n) is 4.96. The van der Waals surface area contributed by atoms with E-state index >= 15 is 0 Å². The molecule has 0 spiro atoms. The summed E-state index contributed by atoms with van der Waals surface area (Å²) in [7, 11) is 0. The molecule has 0 radical (unpaired) electrons. The smallest absolute Gasteiger partial charge is 0.186 e. The molecule has 1 aromatic carbocycles. The number of nitrogens with one attached hydrogen (secondary N) is 1. The zero-order valence-electron chi connectivity index (χ0n) is 8.60. The molecule has 0 unspecified atom stereocenters. The van der Waals surface area contributed by atoms with Gasteiger partial charge in [0, 0.05) is 17.8 Å². The molecule has 1 heterocycles. The highest BCUT2D eigenvalue weighted by molar-refractivity contribution is 5.63. The maximum absolute atomic E-state index is 11.6. The van der Waals surface area contributed by atoms with Gasteiger partial charge in [0.1, 0.15) is 0 Å². The largest absolute Gasteiger partial charge is 0.361 e. The summed E-state index contributed by atoms with van der Waals surface area (Å²) in [6, 6.07) is 13.0. The number of pyridine rings is 1. The third kappa shape index (κ3) is 1.86. The van der Waals surface area contributed by atoms with E-state index in [0.29, 0.717) is 5.56 Å². The standard InChI is InChI=1S/C13H10N2O/c14-8-6-11-12(16)7-9-15-13(11)10-4-2-1-3-5-10/h1-5,7,9H,6H2,(H,15,16). The van der Waals surface area contributed by atoms with Crippen molar-refractivity contribution >= 4 is 0 Å². The van der Waals surface area contributed by atoms with Gasteiger partial charge < -0.3 is 4.98 Å². The minimum Gasteiger partial charge on any atom is -0.361 e. The van der Waals surface area contributed by atoms with Crippen LogP contribution in [0.5, 0.6) is 0 Å². The van der Waals surface area contributed by atoms with Crippen molar-refractivity contribution in [2.24, 2.45) is 0 Å². The topological polar surface area (TPSA) is 56.6 Å². The Bertz CT molecular complexity index is 579.